The van der Waals surface area contributed by atoms with E-state index >= 15 is 0 Å². The smallest absolute Gasteiger partial charge is 0.162 e. The average molecular weight is 340 g/mol. The summed E-state index contributed by atoms with van der Waals surface area (Å²) in [7, 11) is 3.42. The number of benzene rings is 1. The first-order chi connectivity index (χ1) is 12.2. The zero-order valence-corrected chi connectivity index (χ0v) is 15.5. The summed E-state index contributed by atoms with van der Waals surface area (Å²) in [6.45, 7) is 4.90. The van der Waals surface area contributed by atoms with Crippen molar-refractivity contribution in [3.63, 3.8) is 0 Å². The molecule has 5 aliphatic rings. The van der Waals surface area contributed by atoms with Gasteiger partial charge in [-0.15, -0.1) is 0 Å². The summed E-state index contributed by atoms with van der Waals surface area (Å²) in [5.41, 5.74) is 3.92. The van der Waals surface area contributed by atoms with Crippen LogP contribution in [-0.2, 0) is 0 Å². The molecule has 1 unspecified atom stereocenters. The summed E-state index contributed by atoms with van der Waals surface area (Å²) < 4.78 is 11.1. The second-order valence-corrected chi connectivity index (χ2v) is 8.24. The van der Waals surface area contributed by atoms with Gasteiger partial charge in [0.25, 0.3) is 0 Å². The minimum absolute atomic E-state index is 0.474. The second kappa shape index (κ2) is 5.73. The molecule has 4 nitrogen and oxygen atoms in total. The van der Waals surface area contributed by atoms with Gasteiger partial charge in [-0.05, 0) is 49.3 Å². The number of aliphatic imine (C=N–C) groups is 1. The van der Waals surface area contributed by atoms with E-state index in [2.05, 4.69) is 24.0 Å². The maximum Gasteiger partial charge on any atom is 0.162 e. The molecule has 0 spiro atoms. The number of fused-ring (bicyclic) bond motifs is 4. The Balaban J connectivity index is 1.58. The maximum absolute atomic E-state index is 5.56. The van der Waals surface area contributed by atoms with E-state index in [4.69, 9.17) is 14.5 Å². The normalized spacial score (nSPS) is 37.8. The van der Waals surface area contributed by atoms with Gasteiger partial charge in [0.1, 0.15) is 0 Å². The van der Waals surface area contributed by atoms with Gasteiger partial charge in [-0.25, -0.2) is 0 Å². The molecule has 3 saturated heterocycles. The molecule has 4 aliphatic heterocycles. The van der Waals surface area contributed by atoms with E-state index in [0.717, 1.165) is 35.1 Å². The molecule has 1 aromatic rings. The quantitative estimate of drug-likeness (QED) is 0.833. The SMILES string of the molecule is CC[C@H]1C[C@@H]2C[C@H]3C4=Nc5cc(OC)c(OC)cc5[C@H]4CCN(C2)[C@@H]13. The van der Waals surface area contributed by atoms with Crippen molar-refractivity contribution in [2.45, 2.75) is 44.6 Å². The molecule has 1 aliphatic carbocycles. The highest BCUT2D eigenvalue weighted by Crippen LogP contribution is 2.53. The minimum atomic E-state index is 0.474. The zero-order chi connectivity index (χ0) is 17.1. The number of nitrogens with zero attached hydrogens (tertiary/aromatic N) is 2. The molecule has 1 aromatic carbocycles. The van der Waals surface area contributed by atoms with Crippen molar-refractivity contribution < 1.29 is 9.47 Å². The molecule has 134 valence electrons. The Labute approximate surface area is 150 Å². The molecule has 4 heterocycles. The molecule has 6 rings (SSSR count). The summed E-state index contributed by atoms with van der Waals surface area (Å²) in [5, 5.41) is 0. The standard InChI is InChI=1S/C21H28N2O2/c1-4-13-7-12-8-16-20-14(5-6-23(11-12)21(13)16)15-9-18(24-2)19(25-3)10-17(15)22-20/h9-10,12-14,16,21H,4-8,11H2,1-3H3/t12-,13+,14-,16+,21+/m1/s1. The molecular formula is C21H28N2O2. The first kappa shape index (κ1) is 15.7. The summed E-state index contributed by atoms with van der Waals surface area (Å²) in [5.74, 6) is 4.47. The predicted octanol–water partition coefficient (Wildman–Crippen LogP) is 4.01. The highest BCUT2D eigenvalue weighted by atomic mass is 16.5. The summed E-state index contributed by atoms with van der Waals surface area (Å²) in [6, 6.07) is 4.97. The number of piperidine rings is 2. The lowest BCUT2D eigenvalue weighted by Gasteiger charge is -2.53. The zero-order valence-electron chi connectivity index (χ0n) is 15.5. The molecule has 1 saturated carbocycles. The van der Waals surface area contributed by atoms with E-state index in [-0.39, 0.29) is 0 Å². The first-order valence-corrected chi connectivity index (χ1v) is 9.81. The number of rotatable bonds is 3. The van der Waals surface area contributed by atoms with Crippen LogP contribution in [0.25, 0.3) is 0 Å². The highest BCUT2D eigenvalue weighted by molar-refractivity contribution is 6.01. The third-order valence-corrected chi connectivity index (χ3v) is 7.16. The van der Waals surface area contributed by atoms with Crippen LogP contribution in [0.15, 0.2) is 17.1 Å². The first-order valence-electron chi connectivity index (χ1n) is 9.81. The Morgan fingerprint density at radius 2 is 1.96 bits per heavy atom. The third kappa shape index (κ3) is 2.19. The third-order valence-electron chi connectivity index (χ3n) is 7.16. The Morgan fingerprint density at radius 1 is 1.16 bits per heavy atom. The van der Waals surface area contributed by atoms with Crippen LogP contribution in [0.5, 0.6) is 11.5 Å². The second-order valence-electron chi connectivity index (χ2n) is 8.24. The molecule has 6 atom stereocenters. The van der Waals surface area contributed by atoms with Crippen molar-refractivity contribution in [2.24, 2.45) is 22.7 Å². The number of hydrogen-bond donors (Lipinski definition) is 0. The maximum atomic E-state index is 5.56. The van der Waals surface area contributed by atoms with Crippen molar-refractivity contribution in [3.05, 3.63) is 17.7 Å². The van der Waals surface area contributed by atoms with E-state index < -0.39 is 0 Å². The molecule has 0 aromatic heterocycles. The fraction of sp³-hybridized carbons (Fsp3) is 0.667. The molecule has 4 heteroatoms. The Hall–Kier alpha value is -1.55. The van der Waals surface area contributed by atoms with Gasteiger partial charge in [-0.2, -0.15) is 0 Å². The fourth-order valence-corrected chi connectivity index (χ4v) is 6.17. The van der Waals surface area contributed by atoms with Gasteiger partial charge in [0.15, 0.2) is 11.5 Å². The van der Waals surface area contributed by atoms with Crippen molar-refractivity contribution >= 4 is 11.4 Å². The average Bonchev–Trinajstić information content (AvgIpc) is 2.96. The van der Waals surface area contributed by atoms with Crippen molar-refractivity contribution in [3.8, 4) is 11.5 Å². The lowest BCUT2D eigenvalue weighted by molar-refractivity contribution is -0.0172. The van der Waals surface area contributed by atoms with Gasteiger partial charge in [0.2, 0.25) is 0 Å². The molecule has 4 fully saturated rings. The monoisotopic (exact) mass is 340 g/mol. The number of methoxy groups -OCH3 is 2. The molecule has 0 N–H and O–H groups in total. The minimum Gasteiger partial charge on any atom is -0.493 e. The van der Waals surface area contributed by atoms with E-state index in [9.17, 15) is 0 Å². The van der Waals surface area contributed by atoms with E-state index in [1.165, 1.54) is 50.0 Å². The van der Waals surface area contributed by atoms with Gasteiger partial charge in [-0.1, -0.05) is 13.3 Å². The highest BCUT2D eigenvalue weighted by Gasteiger charge is 2.51. The van der Waals surface area contributed by atoms with E-state index in [0.29, 0.717) is 11.8 Å². The Kier molecular flexibility index (Phi) is 3.60. The molecular weight excluding hydrogens is 312 g/mol. The summed E-state index contributed by atoms with van der Waals surface area (Å²) in [6.07, 6.45) is 5.27. The number of hydrogen-bond acceptors (Lipinski definition) is 4. The van der Waals surface area contributed by atoms with Gasteiger partial charge in [0, 0.05) is 36.2 Å². The van der Waals surface area contributed by atoms with Crippen LogP contribution >= 0.6 is 0 Å². The topological polar surface area (TPSA) is 34.1 Å². The summed E-state index contributed by atoms with van der Waals surface area (Å²) in [4.78, 5) is 7.98. The fourth-order valence-electron chi connectivity index (χ4n) is 6.17. The van der Waals surface area contributed by atoms with Gasteiger partial charge in [-0.3, -0.25) is 9.89 Å². The van der Waals surface area contributed by atoms with Crippen molar-refractivity contribution in [1.82, 2.24) is 4.90 Å². The molecule has 25 heavy (non-hydrogen) atoms. The van der Waals surface area contributed by atoms with Crippen LogP contribution in [0, 0.1) is 17.8 Å². The van der Waals surface area contributed by atoms with Crippen LogP contribution in [0.4, 0.5) is 5.69 Å². The number of ether oxygens (including phenoxy) is 2. The van der Waals surface area contributed by atoms with Gasteiger partial charge >= 0.3 is 0 Å². The van der Waals surface area contributed by atoms with Crippen molar-refractivity contribution in [2.75, 3.05) is 27.3 Å². The lowest BCUT2D eigenvalue weighted by atomic mass is 9.64. The van der Waals surface area contributed by atoms with Gasteiger partial charge < -0.3 is 9.47 Å². The van der Waals surface area contributed by atoms with Crippen LogP contribution in [0.2, 0.25) is 0 Å². The molecule has 4 bridgehead atoms. The Bertz CT molecular complexity index is 729. The van der Waals surface area contributed by atoms with Crippen molar-refractivity contribution in [1.29, 1.82) is 0 Å². The van der Waals surface area contributed by atoms with Crippen LogP contribution < -0.4 is 9.47 Å². The van der Waals surface area contributed by atoms with E-state index in [1.54, 1.807) is 14.2 Å². The van der Waals surface area contributed by atoms with E-state index in [1.807, 2.05) is 0 Å². The largest absolute Gasteiger partial charge is 0.493 e. The predicted molar refractivity (Wildman–Crippen MR) is 99.4 cm³/mol. The van der Waals surface area contributed by atoms with Gasteiger partial charge in [0.05, 0.1) is 19.9 Å². The van der Waals surface area contributed by atoms with Crippen LogP contribution in [0.1, 0.15) is 44.1 Å². The lowest BCUT2D eigenvalue weighted by Crippen LogP contribution is -2.58. The van der Waals surface area contributed by atoms with Crippen LogP contribution in [-0.4, -0.2) is 44.0 Å². The summed E-state index contributed by atoms with van der Waals surface area (Å²) >= 11 is 0. The molecule has 0 radical (unpaired) electrons. The molecule has 0 amide bonds. The van der Waals surface area contributed by atoms with Crippen LogP contribution in [0.3, 0.4) is 0 Å². The Morgan fingerprint density at radius 3 is 2.72 bits per heavy atom.